The van der Waals surface area contributed by atoms with E-state index in [2.05, 4.69) is 20.2 Å². The summed E-state index contributed by atoms with van der Waals surface area (Å²) in [6.45, 7) is 3.10. The second kappa shape index (κ2) is 5.74. The summed E-state index contributed by atoms with van der Waals surface area (Å²) >= 11 is 0. The minimum absolute atomic E-state index is 0.0997. The molecule has 2 unspecified atom stereocenters. The molecule has 0 bridgehead atoms. The molecule has 2 aliphatic rings. The van der Waals surface area contributed by atoms with Gasteiger partial charge < -0.3 is 15.3 Å². The Kier molecular flexibility index (Phi) is 3.82. The molecular weight excluding hydrogens is 240 g/mol. The fraction of sp³-hybridized carbons (Fsp3) is 0.714. The van der Waals surface area contributed by atoms with Crippen molar-refractivity contribution in [1.29, 1.82) is 0 Å². The van der Waals surface area contributed by atoms with Gasteiger partial charge >= 0.3 is 0 Å². The van der Waals surface area contributed by atoms with Gasteiger partial charge in [0, 0.05) is 25.7 Å². The lowest BCUT2D eigenvalue weighted by Crippen LogP contribution is -2.20. The predicted molar refractivity (Wildman–Crippen MR) is 75.3 cm³/mol. The van der Waals surface area contributed by atoms with Gasteiger partial charge in [-0.15, -0.1) is 0 Å². The number of nitrogens with zero attached hydrogens (tertiary/aromatic N) is 3. The highest BCUT2D eigenvalue weighted by atomic mass is 16.3. The normalized spacial score (nSPS) is 26.9. The van der Waals surface area contributed by atoms with Crippen molar-refractivity contribution in [2.24, 2.45) is 5.92 Å². The zero-order valence-electron chi connectivity index (χ0n) is 11.3. The molecule has 0 spiro atoms. The number of anilines is 2. The van der Waals surface area contributed by atoms with Crippen LogP contribution in [0.5, 0.6) is 0 Å². The van der Waals surface area contributed by atoms with Crippen LogP contribution in [0.15, 0.2) is 12.4 Å². The van der Waals surface area contributed by atoms with Crippen LogP contribution in [0.4, 0.5) is 11.6 Å². The third-order valence-electron chi connectivity index (χ3n) is 4.17. The Morgan fingerprint density at radius 2 is 2.11 bits per heavy atom. The van der Waals surface area contributed by atoms with E-state index in [0.717, 1.165) is 50.5 Å². The summed E-state index contributed by atoms with van der Waals surface area (Å²) in [5, 5.41) is 12.9. The Morgan fingerprint density at radius 3 is 2.84 bits per heavy atom. The van der Waals surface area contributed by atoms with Gasteiger partial charge in [-0.05, 0) is 38.0 Å². The molecule has 104 valence electrons. The molecule has 0 amide bonds. The standard InChI is InChI=1S/C14H22N4O/c19-12-4-3-11(7-12)9-15-13-8-14(17-10-16-13)18-5-1-2-6-18/h8,10-12,19H,1-7,9H2,(H,15,16,17). The topological polar surface area (TPSA) is 61.3 Å². The van der Waals surface area contributed by atoms with Gasteiger partial charge in [0.15, 0.2) is 0 Å². The lowest BCUT2D eigenvalue weighted by Gasteiger charge is -2.17. The molecule has 0 aromatic carbocycles. The van der Waals surface area contributed by atoms with Crippen LogP contribution >= 0.6 is 0 Å². The van der Waals surface area contributed by atoms with E-state index >= 15 is 0 Å². The van der Waals surface area contributed by atoms with Gasteiger partial charge in [-0.1, -0.05) is 0 Å². The number of aliphatic hydroxyl groups is 1. The highest BCUT2D eigenvalue weighted by Crippen LogP contribution is 2.26. The van der Waals surface area contributed by atoms with Crippen LogP contribution < -0.4 is 10.2 Å². The lowest BCUT2D eigenvalue weighted by atomic mass is 10.1. The Balaban J connectivity index is 1.57. The molecule has 1 aromatic rings. The van der Waals surface area contributed by atoms with E-state index in [1.165, 1.54) is 12.8 Å². The lowest BCUT2D eigenvalue weighted by molar-refractivity contribution is 0.178. The van der Waals surface area contributed by atoms with E-state index in [9.17, 15) is 5.11 Å². The summed E-state index contributed by atoms with van der Waals surface area (Å²) in [6.07, 6.45) is 7.01. The van der Waals surface area contributed by atoms with E-state index in [1.54, 1.807) is 6.33 Å². The zero-order valence-corrected chi connectivity index (χ0v) is 11.3. The molecule has 1 aliphatic heterocycles. The SMILES string of the molecule is OC1CCC(CNc2cc(N3CCCC3)ncn2)C1. The number of hydrogen-bond acceptors (Lipinski definition) is 5. The summed E-state index contributed by atoms with van der Waals surface area (Å²) in [4.78, 5) is 10.9. The minimum atomic E-state index is -0.0997. The number of aliphatic hydroxyl groups excluding tert-OH is 1. The minimum Gasteiger partial charge on any atom is -0.393 e. The van der Waals surface area contributed by atoms with Crippen molar-refractivity contribution in [3.05, 3.63) is 12.4 Å². The quantitative estimate of drug-likeness (QED) is 0.864. The van der Waals surface area contributed by atoms with Crippen LogP contribution in [-0.4, -0.2) is 40.8 Å². The second-order valence-corrected chi connectivity index (χ2v) is 5.67. The van der Waals surface area contributed by atoms with Crippen molar-refractivity contribution < 1.29 is 5.11 Å². The first-order valence-electron chi connectivity index (χ1n) is 7.30. The Labute approximate surface area is 114 Å². The maximum absolute atomic E-state index is 9.52. The highest BCUT2D eigenvalue weighted by molar-refractivity contribution is 5.48. The van der Waals surface area contributed by atoms with Gasteiger partial charge in [-0.3, -0.25) is 0 Å². The summed E-state index contributed by atoms with van der Waals surface area (Å²) < 4.78 is 0. The van der Waals surface area contributed by atoms with Gasteiger partial charge in [0.05, 0.1) is 6.10 Å². The van der Waals surface area contributed by atoms with Crippen LogP contribution in [0.1, 0.15) is 32.1 Å². The van der Waals surface area contributed by atoms with E-state index in [0.29, 0.717) is 5.92 Å². The Bertz CT molecular complexity index is 420. The number of hydrogen-bond donors (Lipinski definition) is 2. The molecule has 1 saturated carbocycles. The molecule has 3 rings (SSSR count). The van der Waals surface area contributed by atoms with E-state index in [-0.39, 0.29) is 6.10 Å². The second-order valence-electron chi connectivity index (χ2n) is 5.67. The van der Waals surface area contributed by atoms with Gasteiger partial charge in [0.2, 0.25) is 0 Å². The van der Waals surface area contributed by atoms with Crippen LogP contribution in [0.25, 0.3) is 0 Å². The third-order valence-corrected chi connectivity index (χ3v) is 4.17. The van der Waals surface area contributed by atoms with Crippen molar-refractivity contribution in [3.63, 3.8) is 0 Å². The molecule has 5 heteroatoms. The maximum Gasteiger partial charge on any atom is 0.134 e. The first-order valence-corrected chi connectivity index (χ1v) is 7.30. The van der Waals surface area contributed by atoms with Crippen molar-refractivity contribution in [3.8, 4) is 0 Å². The van der Waals surface area contributed by atoms with E-state index in [1.807, 2.05) is 6.07 Å². The summed E-state index contributed by atoms with van der Waals surface area (Å²) in [7, 11) is 0. The number of aromatic nitrogens is 2. The molecule has 1 aliphatic carbocycles. The average molecular weight is 262 g/mol. The average Bonchev–Trinajstić information content (AvgIpc) is 3.08. The maximum atomic E-state index is 9.52. The Morgan fingerprint density at radius 1 is 1.26 bits per heavy atom. The van der Waals surface area contributed by atoms with Gasteiger partial charge in [-0.2, -0.15) is 0 Å². The monoisotopic (exact) mass is 262 g/mol. The molecule has 5 nitrogen and oxygen atoms in total. The summed E-state index contributed by atoms with van der Waals surface area (Å²) in [5.74, 6) is 2.50. The molecule has 1 saturated heterocycles. The van der Waals surface area contributed by atoms with Crippen molar-refractivity contribution >= 4 is 11.6 Å². The smallest absolute Gasteiger partial charge is 0.134 e. The van der Waals surface area contributed by atoms with Crippen molar-refractivity contribution in [2.75, 3.05) is 29.9 Å². The predicted octanol–water partition coefficient (Wildman–Crippen LogP) is 1.65. The first-order chi connectivity index (χ1) is 9.31. The first kappa shape index (κ1) is 12.7. The molecule has 19 heavy (non-hydrogen) atoms. The Hall–Kier alpha value is -1.36. The summed E-state index contributed by atoms with van der Waals surface area (Å²) in [6, 6.07) is 2.04. The van der Waals surface area contributed by atoms with Gasteiger partial charge in [0.1, 0.15) is 18.0 Å². The van der Waals surface area contributed by atoms with Gasteiger partial charge in [-0.25, -0.2) is 9.97 Å². The highest BCUT2D eigenvalue weighted by Gasteiger charge is 2.22. The van der Waals surface area contributed by atoms with Crippen LogP contribution in [0, 0.1) is 5.92 Å². The molecular formula is C14H22N4O. The fourth-order valence-corrected chi connectivity index (χ4v) is 3.05. The van der Waals surface area contributed by atoms with E-state index in [4.69, 9.17) is 0 Å². The van der Waals surface area contributed by atoms with Crippen molar-refractivity contribution in [1.82, 2.24) is 9.97 Å². The largest absolute Gasteiger partial charge is 0.393 e. The van der Waals surface area contributed by atoms with Crippen molar-refractivity contribution in [2.45, 2.75) is 38.2 Å². The van der Waals surface area contributed by atoms with Crippen LogP contribution in [-0.2, 0) is 0 Å². The molecule has 2 fully saturated rings. The third kappa shape index (κ3) is 3.15. The molecule has 1 aromatic heterocycles. The van der Waals surface area contributed by atoms with Crippen LogP contribution in [0.2, 0.25) is 0 Å². The molecule has 2 atom stereocenters. The van der Waals surface area contributed by atoms with E-state index < -0.39 is 0 Å². The molecule has 2 N–H and O–H groups in total. The van der Waals surface area contributed by atoms with Crippen LogP contribution in [0.3, 0.4) is 0 Å². The zero-order chi connectivity index (χ0) is 13.1. The number of rotatable bonds is 4. The molecule has 2 heterocycles. The number of nitrogens with one attached hydrogen (secondary N) is 1. The van der Waals surface area contributed by atoms with Gasteiger partial charge in [0.25, 0.3) is 0 Å². The fourth-order valence-electron chi connectivity index (χ4n) is 3.05. The molecule has 0 radical (unpaired) electrons. The summed E-state index contributed by atoms with van der Waals surface area (Å²) in [5.41, 5.74) is 0.